The topological polar surface area (TPSA) is 0 Å². The van der Waals surface area contributed by atoms with Crippen LogP contribution < -0.4 is 10.6 Å². The van der Waals surface area contributed by atoms with Crippen molar-refractivity contribution in [2.45, 2.75) is 104 Å². The molecule has 0 saturated carbocycles. The van der Waals surface area contributed by atoms with Gasteiger partial charge in [0.2, 0.25) is 0 Å². The average molecular weight is 637 g/mol. The van der Waals surface area contributed by atoms with Gasteiger partial charge in [0.25, 0.3) is 0 Å². The molecular formula is C34H48Cl2P2Ti-2. The molecule has 0 aromatic heterocycles. The molecule has 5 heteroatoms. The summed E-state index contributed by atoms with van der Waals surface area (Å²) in [6.07, 6.45) is 0. The van der Waals surface area contributed by atoms with Crippen molar-refractivity contribution in [1.29, 1.82) is 0 Å². The van der Waals surface area contributed by atoms with Gasteiger partial charge in [-0.3, -0.25) is 0 Å². The summed E-state index contributed by atoms with van der Waals surface area (Å²) >= 11 is -0.556. The first kappa shape index (κ1) is 35.0. The van der Waals surface area contributed by atoms with Gasteiger partial charge in [0.05, 0.1) is 0 Å². The van der Waals surface area contributed by atoms with E-state index in [4.69, 9.17) is 18.6 Å². The second kappa shape index (κ2) is 13.9. The summed E-state index contributed by atoms with van der Waals surface area (Å²) in [6.45, 7) is 28.5. The van der Waals surface area contributed by atoms with E-state index in [-0.39, 0.29) is 15.8 Å². The predicted octanol–water partition coefficient (Wildman–Crippen LogP) is 11.9. The van der Waals surface area contributed by atoms with E-state index in [0.29, 0.717) is 20.6 Å². The molecule has 4 aromatic carbocycles. The monoisotopic (exact) mass is 636 g/mol. The summed E-state index contributed by atoms with van der Waals surface area (Å²) in [5.41, 5.74) is 0. The van der Waals surface area contributed by atoms with Crippen molar-refractivity contribution in [3.63, 3.8) is 0 Å². The van der Waals surface area contributed by atoms with E-state index < -0.39 is 17.0 Å². The molecule has 0 fully saturated rings. The van der Waals surface area contributed by atoms with Gasteiger partial charge in [0.1, 0.15) is 0 Å². The summed E-state index contributed by atoms with van der Waals surface area (Å²) in [6, 6.07) is 27.0. The van der Waals surface area contributed by atoms with Crippen molar-refractivity contribution in [1.82, 2.24) is 0 Å². The Balaban J connectivity index is 0.000000249. The Morgan fingerprint density at radius 3 is 1.00 bits per heavy atom. The number of halogens is 2. The first-order chi connectivity index (χ1) is 17.8. The van der Waals surface area contributed by atoms with Crippen molar-refractivity contribution in [3.05, 3.63) is 72.8 Å². The van der Waals surface area contributed by atoms with E-state index in [1.54, 1.807) is 10.6 Å². The van der Waals surface area contributed by atoms with E-state index >= 15 is 0 Å². The molecule has 0 heterocycles. The van der Waals surface area contributed by atoms with Gasteiger partial charge in [-0.15, -0.1) is 80.7 Å². The van der Waals surface area contributed by atoms with Crippen LogP contribution in [0.5, 0.6) is 0 Å². The van der Waals surface area contributed by atoms with Crippen LogP contribution in [0.15, 0.2) is 72.8 Å². The molecule has 4 aromatic rings. The molecule has 0 spiro atoms. The molecule has 0 atom stereocenters. The van der Waals surface area contributed by atoms with E-state index in [0.717, 1.165) is 0 Å². The fourth-order valence-corrected chi connectivity index (χ4v) is 14.3. The number of hydrogen-bond donors (Lipinski definition) is 0. The zero-order chi connectivity index (χ0) is 29.8. The average Bonchev–Trinajstić information content (AvgIpc) is 3.33. The second-order valence-electron chi connectivity index (χ2n) is 14.1. The van der Waals surface area contributed by atoms with Crippen molar-refractivity contribution in [2.75, 3.05) is 0 Å². The number of hydrogen-bond acceptors (Lipinski definition) is 0. The molecule has 0 aliphatic carbocycles. The molecule has 0 aliphatic rings. The molecular weight excluding hydrogens is 589 g/mol. The normalized spacial score (nSPS) is 12.8. The second-order valence-corrected chi connectivity index (χ2v) is 24.4. The summed E-state index contributed by atoms with van der Waals surface area (Å²) in [4.78, 5) is 0. The van der Waals surface area contributed by atoms with Crippen LogP contribution in [0.25, 0.3) is 21.5 Å². The molecule has 0 saturated heterocycles. The first-order valence-corrected chi connectivity index (χ1v) is 20.7. The van der Waals surface area contributed by atoms with E-state index in [9.17, 15) is 0 Å². The van der Waals surface area contributed by atoms with Gasteiger partial charge in [-0.1, -0.05) is 111 Å². The summed E-state index contributed by atoms with van der Waals surface area (Å²) in [5, 5.41) is 10.0. The van der Waals surface area contributed by atoms with Crippen LogP contribution >= 0.6 is 34.5 Å². The van der Waals surface area contributed by atoms with E-state index in [1.807, 2.05) is 0 Å². The van der Waals surface area contributed by atoms with Gasteiger partial charge in [-0.05, 0) is 20.6 Å². The molecule has 0 nitrogen and oxygen atoms in total. The Bertz CT molecular complexity index is 1110. The third kappa shape index (κ3) is 9.95. The summed E-state index contributed by atoms with van der Waals surface area (Å²) in [7, 11) is 9.41. The van der Waals surface area contributed by atoms with Crippen molar-refractivity contribution in [2.24, 2.45) is 0 Å². The molecule has 0 amide bonds. The van der Waals surface area contributed by atoms with Gasteiger partial charge < -0.3 is 0 Å². The Kier molecular flexibility index (Phi) is 12.4. The third-order valence-electron chi connectivity index (χ3n) is 6.41. The van der Waals surface area contributed by atoms with Crippen LogP contribution in [0.1, 0.15) is 83.1 Å². The van der Waals surface area contributed by atoms with Crippen LogP contribution in [0.4, 0.5) is 0 Å². The minimum absolute atomic E-state index is 0.185. The molecule has 0 unspecified atom stereocenters. The van der Waals surface area contributed by atoms with Crippen LogP contribution in [0.2, 0.25) is 0 Å². The summed E-state index contributed by atoms with van der Waals surface area (Å²) < 4.78 is 0. The van der Waals surface area contributed by atoms with Gasteiger partial charge >= 0.3 is 35.6 Å². The van der Waals surface area contributed by atoms with Crippen LogP contribution in [0, 0.1) is 0 Å². The number of rotatable bonds is 2. The zero-order valence-corrected chi connectivity index (χ0v) is 30.9. The summed E-state index contributed by atoms with van der Waals surface area (Å²) in [5.74, 6) is 0. The van der Waals surface area contributed by atoms with E-state index in [1.165, 1.54) is 21.5 Å². The molecule has 214 valence electrons. The van der Waals surface area contributed by atoms with Crippen molar-refractivity contribution >= 4 is 66.6 Å². The van der Waals surface area contributed by atoms with Gasteiger partial charge in [0.15, 0.2) is 0 Å². The van der Waals surface area contributed by atoms with E-state index in [2.05, 4.69) is 156 Å². The Morgan fingerprint density at radius 2 is 0.769 bits per heavy atom. The molecule has 0 aliphatic heterocycles. The van der Waals surface area contributed by atoms with Crippen LogP contribution in [0.3, 0.4) is 0 Å². The maximum absolute atomic E-state index is 4.89. The molecule has 0 bridgehead atoms. The predicted molar refractivity (Wildman–Crippen MR) is 183 cm³/mol. The first-order valence-electron chi connectivity index (χ1n) is 13.7. The van der Waals surface area contributed by atoms with Crippen molar-refractivity contribution < 1.29 is 17.0 Å². The third-order valence-corrected chi connectivity index (χ3v) is 13.3. The number of fused-ring (bicyclic) bond motifs is 2. The maximum atomic E-state index is 4.89. The van der Waals surface area contributed by atoms with Gasteiger partial charge in [-0.2, -0.15) is 12.1 Å². The van der Waals surface area contributed by atoms with Crippen LogP contribution in [-0.4, -0.2) is 20.6 Å². The SMILES string of the molecule is CC(C)(C)P(c1cc2ccccc2[cH-]1)C(C)(C)C.CC(C)(C)P(c1cc2ccccc2[cH-]1)C(C)(C)C.[Cl][Ti][Cl]. The Hall–Kier alpha value is -0.186. The molecule has 0 N–H and O–H groups in total. The number of benzene rings is 2. The van der Waals surface area contributed by atoms with Crippen molar-refractivity contribution in [3.8, 4) is 0 Å². The Labute approximate surface area is 258 Å². The van der Waals surface area contributed by atoms with Gasteiger partial charge in [0, 0.05) is 0 Å². The zero-order valence-electron chi connectivity index (χ0n) is 26.1. The molecule has 0 radical (unpaired) electrons. The Morgan fingerprint density at radius 1 is 0.513 bits per heavy atom. The minimum atomic E-state index is -0.556. The molecule has 39 heavy (non-hydrogen) atoms. The fourth-order valence-electron chi connectivity index (χ4n) is 6.09. The van der Waals surface area contributed by atoms with Crippen LogP contribution in [-0.2, 0) is 17.0 Å². The fraction of sp³-hybridized carbons (Fsp3) is 0.471. The standard InChI is InChI=1S/2C17H24P.2ClH.Ti/c2*1-16(2,3)18(17(4,5)6)15-11-13-9-7-8-10-14(13)12-15;;;/h2*7-12H,1-6H3;2*1H;/q2*-1;;;+2/p-2. The van der Waals surface area contributed by atoms with Gasteiger partial charge in [-0.25, -0.2) is 0 Å². The molecule has 4 rings (SSSR count). The quantitative estimate of drug-likeness (QED) is 0.117.